The van der Waals surface area contributed by atoms with Gasteiger partial charge >= 0.3 is 37.1 Å². The molecule has 246 valence electrons. The average Bonchev–Trinajstić information content (AvgIpc) is 3.07. The van der Waals surface area contributed by atoms with Crippen molar-refractivity contribution in [1.82, 2.24) is 29.9 Å². The van der Waals surface area contributed by atoms with Gasteiger partial charge in [-0.2, -0.15) is 0 Å². The van der Waals surface area contributed by atoms with Crippen molar-refractivity contribution in [3.63, 3.8) is 0 Å². The fraction of sp³-hybridized carbons (Fsp3) is 0. The van der Waals surface area contributed by atoms with Crippen molar-refractivity contribution in [3.8, 4) is 11.4 Å². The maximum absolute atomic E-state index is 9.75. The van der Waals surface area contributed by atoms with Gasteiger partial charge in [-0.25, -0.2) is 19.9 Å². The van der Waals surface area contributed by atoms with Crippen LogP contribution in [0.25, 0.3) is 33.5 Å². The molecule has 0 unspecified atom stereocenters. The summed E-state index contributed by atoms with van der Waals surface area (Å²) in [6.45, 7) is 9.00. The molecule has 0 aliphatic rings. The zero-order valence-corrected chi connectivity index (χ0v) is 25.3. The topological polar surface area (TPSA) is 117 Å². The van der Waals surface area contributed by atoms with Crippen molar-refractivity contribution in [2.45, 2.75) is 0 Å². The van der Waals surface area contributed by atoms with Crippen LogP contribution in [0.4, 0.5) is 34.5 Å². The molecule has 0 fully saturated rings. The second-order valence-corrected chi connectivity index (χ2v) is 7.53. The van der Waals surface area contributed by atoms with E-state index in [0.717, 1.165) is 33.5 Å². The molecule has 19 heteroatoms. The van der Waals surface area contributed by atoms with E-state index in [9.17, 15) is 34.5 Å². The molecule has 0 aliphatic carbocycles. The molecular formula is C28H20B2F8N6O2Ru-2. The molecule has 0 aromatic carbocycles. The molecule has 0 aliphatic heterocycles. The van der Waals surface area contributed by atoms with Crippen LogP contribution in [0, 0.1) is 13.3 Å². The predicted octanol–water partition coefficient (Wildman–Crippen LogP) is 7.93. The van der Waals surface area contributed by atoms with Gasteiger partial charge in [0.05, 0.1) is 11.4 Å². The van der Waals surface area contributed by atoms with Gasteiger partial charge in [0.2, 0.25) is 0 Å². The van der Waals surface area contributed by atoms with Crippen LogP contribution >= 0.6 is 0 Å². The van der Waals surface area contributed by atoms with E-state index in [1.54, 1.807) is 37.2 Å². The van der Waals surface area contributed by atoms with Crippen LogP contribution in [0.3, 0.4) is 0 Å². The Kier molecular flexibility index (Phi) is 23.8. The maximum Gasteiger partial charge on any atom is 0.159 e. The monoisotopic (exact) mass is 748 g/mol. The molecule has 6 aromatic rings. The number of hydrogen-bond donors (Lipinski definition) is 0. The number of halogens is 8. The minimum Gasteiger partial charge on any atom is -0.255 e. The Hall–Kier alpha value is -4.91. The number of fused-ring (bicyclic) bond motifs is 2. The summed E-state index contributed by atoms with van der Waals surface area (Å²) in [4.78, 5) is 24.7. The first kappa shape index (κ1) is 44.2. The summed E-state index contributed by atoms with van der Waals surface area (Å²) in [7, 11) is -12.0. The third-order valence-corrected chi connectivity index (χ3v) is 4.34. The molecule has 47 heavy (non-hydrogen) atoms. The van der Waals surface area contributed by atoms with Crippen LogP contribution in [-0.2, 0) is 28.8 Å². The van der Waals surface area contributed by atoms with Gasteiger partial charge in [-0.1, -0.05) is 12.1 Å². The standard InChI is InChI=1S/C10H8N2.2C8H6N2.2CO.2BF4.Ru/c1-3-7-11-9(5-1)10-6-2-4-8-12-10;2*1-3-7-4-2-6-10-8(7)9-5-1;2*1-2;2*2-1(3,4)5;/h1-8H;2*1-6H;;;;;/q;;;;;2*-1;. The third-order valence-electron chi connectivity index (χ3n) is 4.34. The summed E-state index contributed by atoms with van der Waals surface area (Å²) in [5, 5.41) is 2.18. The Bertz CT molecular complexity index is 1440. The van der Waals surface area contributed by atoms with E-state index in [1.807, 2.05) is 84.9 Å². The summed E-state index contributed by atoms with van der Waals surface area (Å²) in [5.74, 6) is 0. The first-order valence-corrected chi connectivity index (χ1v) is 12.2. The van der Waals surface area contributed by atoms with Gasteiger partial charge < -0.3 is 34.5 Å². The van der Waals surface area contributed by atoms with E-state index in [-0.39, 0.29) is 19.5 Å². The van der Waals surface area contributed by atoms with Gasteiger partial charge in [-0.15, -0.1) is 0 Å². The smallest absolute Gasteiger partial charge is 0.159 e. The number of aromatic nitrogens is 6. The van der Waals surface area contributed by atoms with Crippen LogP contribution in [-0.4, -0.2) is 44.4 Å². The number of hydrogen-bond acceptors (Lipinski definition) is 6. The molecule has 0 saturated heterocycles. The van der Waals surface area contributed by atoms with Gasteiger partial charge in [0.1, 0.15) is 0 Å². The van der Waals surface area contributed by atoms with Crippen LogP contribution in [0.1, 0.15) is 0 Å². The summed E-state index contributed by atoms with van der Waals surface area (Å²) in [5.41, 5.74) is 3.45. The second-order valence-electron chi connectivity index (χ2n) is 7.53. The zero-order valence-electron chi connectivity index (χ0n) is 23.6. The Labute approximate surface area is 276 Å². The molecule has 8 nitrogen and oxygen atoms in total. The van der Waals surface area contributed by atoms with E-state index in [0.29, 0.717) is 0 Å². The fourth-order valence-electron chi connectivity index (χ4n) is 2.84. The maximum atomic E-state index is 9.75. The minimum atomic E-state index is -6.00. The molecular weight excluding hydrogens is 727 g/mol. The minimum absolute atomic E-state index is 0. The van der Waals surface area contributed by atoms with E-state index >= 15 is 0 Å². The van der Waals surface area contributed by atoms with Crippen LogP contribution in [0.2, 0.25) is 0 Å². The van der Waals surface area contributed by atoms with Crippen molar-refractivity contribution in [2.75, 3.05) is 0 Å². The quantitative estimate of drug-likeness (QED) is 0.0731. The molecule has 0 radical (unpaired) electrons. The number of nitrogens with zero attached hydrogens (tertiary/aromatic N) is 6. The molecule has 6 aromatic heterocycles. The van der Waals surface area contributed by atoms with Gasteiger partial charge in [0.15, 0.2) is 11.3 Å². The molecule has 0 bridgehead atoms. The van der Waals surface area contributed by atoms with Crippen molar-refractivity contribution in [1.29, 1.82) is 0 Å². The van der Waals surface area contributed by atoms with E-state index in [1.165, 1.54) is 0 Å². The molecule has 0 amide bonds. The summed E-state index contributed by atoms with van der Waals surface area (Å²) in [6, 6.07) is 27.2. The van der Waals surface area contributed by atoms with Crippen LogP contribution < -0.4 is 0 Å². The van der Waals surface area contributed by atoms with Gasteiger partial charge in [0, 0.05) is 67.4 Å². The Morgan fingerprint density at radius 3 is 0.809 bits per heavy atom. The molecule has 0 N–H and O–H groups in total. The first-order chi connectivity index (χ1) is 21.9. The Morgan fingerprint density at radius 2 is 0.617 bits per heavy atom. The van der Waals surface area contributed by atoms with Crippen LogP contribution in [0.5, 0.6) is 0 Å². The largest absolute Gasteiger partial charge is 0.255 e. The van der Waals surface area contributed by atoms with E-state index in [2.05, 4.69) is 43.2 Å². The first-order valence-electron chi connectivity index (χ1n) is 12.2. The van der Waals surface area contributed by atoms with Gasteiger partial charge in [-0.05, 0) is 72.8 Å². The second kappa shape index (κ2) is 25.3. The summed E-state index contributed by atoms with van der Waals surface area (Å²) < 4.78 is 93.0. The number of rotatable bonds is 1. The van der Waals surface area contributed by atoms with Crippen molar-refractivity contribution >= 4 is 36.6 Å². The number of pyridine rings is 6. The van der Waals surface area contributed by atoms with Crippen molar-refractivity contribution in [3.05, 3.63) is 135 Å². The van der Waals surface area contributed by atoms with E-state index in [4.69, 9.17) is 9.30 Å². The predicted molar refractivity (Wildman–Crippen MR) is 155 cm³/mol. The zero-order chi connectivity index (χ0) is 34.8. The van der Waals surface area contributed by atoms with Crippen LogP contribution in [0.15, 0.2) is 122 Å². The Balaban J connectivity index is 0. The normalized spacial score (nSPS) is 9.36. The van der Waals surface area contributed by atoms with E-state index < -0.39 is 14.5 Å². The molecule has 0 atom stereocenters. The summed E-state index contributed by atoms with van der Waals surface area (Å²) >= 11 is 0. The van der Waals surface area contributed by atoms with Gasteiger partial charge in [0.25, 0.3) is 0 Å². The SMILES string of the molecule is F[B-](F)(F)F.F[B-](F)(F)F.[C-]#[O+].[C-]#[O+].[Ru].c1ccc(-c2ccccn2)nc1.c1cnc2ncccc2c1.c1cnc2ncccc2c1. The molecule has 6 rings (SSSR count). The van der Waals surface area contributed by atoms with Crippen molar-refractivity contribution in [2.24, 2.45) is 0 Å². The Morgan fingerprint density at radius 1 is 0.383 bits per heavy atom. The molecule has 0 spiro atoms. The third kappa shape index (κ3) is 24.1. The average molecular weight is 747 g/mol. The summed E-state index contributed by atoms with van der Waals surface area (Å²) in [6.07, 6.45) is 10.5. The molecule has 0 saturated carbocycles. The van der Waals surface area contributed by atoms with Gasteiger partial charge in [-0.3, -0.25) is 9.97 Å². The molecule has 6 heterocycles. The van der Waals surface area contributed by atoms with Crippen molar-refractivity contribution < 1.29 is 63.3 Å². The fourth-order valence-corrected chi connectivity index (χ4v) is 2.84.